The molecule has 0 radical (unpaired) electrons. The molecule has 0 saturated carbocycles. The second kappa shape index (κ2) is 10.9. The maximum atomic E-state index is 12.8. The van der Waals surface area contributed by atoms with Gasteiger partial charge in [0, 0.05) is 18.9 Å². The van der Waals surface area contributed by atoms with E-state index in [0.717, 1.165) is 33.4 Å². The lowest BCUT2D eigenvalue weighted by Crippen LogP contribution is -2.47. The van der Waals surface area contributed by atoms with E-state index in [9.17, 15) is 14.4 Å². The predicted octanol–water partition coefficient (Wildman–Crippen LogP) is 4.38. The van der Waals surface area contributed by atoms with Gasteiger partial charge in [-0.2, -0.15) is 0 Å². The molecule has 0 aromatic heterocycles. The van der Waals surface area contributed by atoms with Gasteiger partial charge in [0.2, 0.25) is 5.91 Å². The lowest BCUT2D eigenvalue weighted by molar-refractivity contribution is -0.137. The molecule has 1 aliphatic rings. The fourth-order valence-corrected chi connectivity index (χ4v) is 4.45. The van der Waals surface area contributed by atoms with Crippen molar-refractivity contribution in [2.24, 2.45) is 0 Å². The summed E-state index contributed by atoms with van der Waals surface area (Å²) >= 11 is 0. The average Bonchev–Trinajstić information content (AvgIpc) is 3.17. The standard InChI is InChI=1S/C28H28N2O5/c1-18-7-6-8-19(15-18)16-29-27(33)25(13-14-26(31)32)30-28(34)35-17-24-22-11-4-2-9-20(22)21-10-3-5-12-23(21)24/h2-12,15,24-25H,13-14,16-17H2,1H3,(H,29,33)(H,30,34)(H,31,32)/t25-/m0/s1. The minimum atomic E-state index is -1.05. The summed E-state index contributed by atoms with van der Waals surface area (Å²) in [5.74, 6) is -1.61. The first-order chi connectivity index (χ1) is 16.9. The number of amides is 2. The zero-order chi connectivity index (χ0) is 24.8. The Kier molecular flexibility index (Phi) is 7.45. The normalized spacial score (nSPS) is 12.8. The first-order valence-corrected chi connectivity index (χ1v) is 11.6. The number of rotatable bonds is 9. The van der Waals surface area contributed by atoms with Crippen molar-refractivity contribution < 1.29 is 24.2 Å². The summed E-state index contributed by atoms with van der Waals surface area (Å²) in [4.78, 5) is 36.5. The summed E-state index contributed by atoms with van der Waals surface area (Å²) in [7, 11) is 0. The van der Waals surface area contributed by atoms with Crippen molar-refractivity contribution in [3.63, 3.8) is 0 Å². The number of nitrogens with one attached hydrogen (secondary N) is 2. The highest BCUT2D eigenvalue weighted by molar-refractivity contribution is 5.86. The van der Waals surface area contributed by atoms with E-state index in [1.165, 1.54) is 0 Å². The van der Waals surface area contributed by atoms with E-state index in [-0.39, 0.29) is 31.9 Å². The summed E-state index contributed by atoms with van der Waals surface area (Å²) in [5.41, 5.74) is 6.38. The number of benzene rings is 3. The third kappa shape index (κ3) is 5.87. The quantitative estimate of drug-likeness (QED) is 0.429. The van der Waals surface area contributed by atoms with Crippen molar-refractivity contribution in [3.8, 4) is 11.1 Å². The summed E-state index contributed by atoms with van der Waals surface area (Å²) in [6.45, 7) is 2.34. The van der Waals surface area contributed by atoms with Crippen LogP contribution in [0.5, 0.6) is 0 Å². The third-order valence-electron chi connectivity index (χ3n) is 6.15. The average molecular weight is 473 g/mol. The molecular weight excluding hydrogens is 444 g/mol. The zero-order valence-electron chi connectivity index (χ0n) is 19.5. The highest BCUT2D eigenvalue weighted by Gasteiger charge is 2.30. The Balaban J connectivity index is 1.39. The Labute approximate surface area is 204 Å². The first kappa shape index (κ1) is 24.0. The Bertz CT molecular complexity index is 1190. The lowest BCUT2D eigenvalue weighted by Gasteiger charge is -2.19. The van der Waals surface area contributed by atoms with Crippen LogP contribution in [0.3, 0.4) is 0 Å². The molecule has 0 aliphatic heterocycles. The Hall–Kier alpha value is -4.13. The van der Waals surface area contributed by atoms with Crippen molar-refractivity contribution in [1.82, 2.24) is 10.6 Å². The molecule has 0 spiro atoms. The maximum absolute atomic E-state index is 12.8. The number of carboxylic acids is 1. The summed E-state index contributed by atoms with van der Waals surface area (Å²) in [5, 5.41) is 14.4. The number of aliphatic carboxylic acids is 1. The van der Waals surface area contributed by atoms with Gasteiger partial charge in [-0.3, -0.25) is 9.59 Å². The molecule has 3 aromatic rings. The molecular formula is C28H28N2O5. The van der Waals surface area contributed by atoms with Crippen molar-refractivity contribution in [2.75, 3.05) is 6.61 Å². The molecule has 3 N–H and O–H groups in total. The maximum Gasteiger partial charge on any atom is 0.407 e. The Morgan fingerprint density at radius 3 is 2.23 bits per heavy atom. The third-order valence-corrected chi connectivity index (χ3v) is 6.15. The van der Waals surface area contributed by atoms with Gasteiger partial charge in [0.15, 0.2) is 0 Å². The topological polar surface area (TPSA) is 105 Å². The largest absolute Gasteiger partial charge is 0.481 e. The Morgan fingerprint density at radius 1 is 0.943 bits per heavy atom. The van der Waals surface area contributed by atoms with E-state index in [1.807, 2.05) is 67.6 Å². The zero-order valence-corrected chi connectivity index (χ0v) is 19.5. The van der Waals surface area contributed by atoms with Crippen LogP contribution < -0.4 is 10.6 Å². The number of alkyl carbamates (subject to hydrolysis) is 1. The van der Waals surface area contributed by atoms with Crippen LogP contribution >= 0.6 is 0 Å². The summed E-state index contributed by atoms with van der Waals surface area (Å²) in [6.07, 6.45) is -1.06. The van der Waals surface area contributed by atoms with Crippen LogP contribution in [0.15, 0.2) is 72.8 Å². The monoisotopic (exact) mass is 472 g/mol. The lowest BCUT2D eigenvalue weighted by atomic mass is 9.98. The van der Waals surface area contributed by atoms with Gasteiger partial charge in [-0.15, -0.1) is 0 Å². The van der Waals surface area contributed by atoms with Crippen LogP contribution in [0.25, 0.3) is 11.1 Å². The van der Waals surface area contributed by atoms with Crippen molar-refractivity contribution in [1.29, 1.82) is 0 Å². The molecule has 0 unspecified atom stereocenters. The van der Waals surface area contributed by atoms with E-state index in [0.29, 0.717) is 0 Å². The van der Waals surface area contributed by atoms with Gasteiger partial charge in [0.05, 0.1) is 0 Å². The molecule has 35 heavy (non-hydrogen) atoms. The van der Waals surface area contributed by atoms with E-state index in [2.05, 4.69) is 22.8 Å². The van der Waals surface area contributed by atoms with E-state index >= 15 is 0 Å². The van der Waals surface area contributed by atoms with E-state index in [4.69, 9.17) is 9.84 Å². The molecule has 0 fully saturated rings. The van der Waals surface area contributed by atoms with Gasteiger partial charge < -0.3 is 20.5 Å². The van der Waals surface area contributed by atoms with Gasteiger partial charge in [-0.25, -0.2) is 4.79 Å². The smallest absolute Gasteiger partial charge is 0.407 e. The van der Waals surface area contributed by atoms with Crippen LogP contribution in [-0.2, 0) is 20.9 Å². The van der Waals surface area contributed by atoms with Crippen LogP contribution in [0.2, 0.25) is 0 Å². The van der Waals surface area contributed by atoms with E-state index < -0.39 is 24.0 Å². The molecule has 0 saturated heterocycles. The fraction of sp³-hybridized carbons (Fsp3) is 0.250. The van der Waals surface area contributed by atoms with Crippen molar-refractivity contribution >= 4 is 18.0 Å². The molecule has 4 rings (SSSR count). The molecule has 1 atom stereocenters. The number of hydrogen-bond donors (Lipinski definition) is 3. The Morgan fingerprint density at radius 2 is 1.60 bits per heavy atom. The first-order valence-electron chi connectivity index (χ1n) is 11.6. The molecule has 3 aromatic carbocycles. The van der Waals surface area contributed by atoms with Crippen LogP contribution in [0.4, 0.5) is 4.79 Å². The highest BCUT2D eigenvalue weighted by Crippen LogP contribution is 2.44. The summed E-state index contributed by atoms with van der Waals surface area (Å²) in [6, 6.07) is 22.7. The predicted molar refractivity (Wildman–Crippen MR) is 132 cm³/mol. The molecule has 7 heteroatoms. The molecule has 180 valence electrons. The van der Waals surface area contributed by atoms with E-state index in [1.54, 1.807) is 0 Å². The number of ether oxygens (including phenoxy) is 1. The number of aryl methyl sites for hydroxylation is 1. The number of carbonyl (C=O) groups excluding carboxylic acids is 2. The van der Waals surface area contributed by atoms with Crippen LogP contribution in [0, 0.1) is 6.92 Å². The second-order valence-corrected chi connectivity index (χ2v) is 8.66. The highest BCUT2D eigenvalue weighted by atomic mass is 16.5. The van der Waals surface area contributed by atoms with Gasteiger partial charge in [0.25, 0.3) is 0 Å². The van der Waals surface area contributed by atoms with Gasteiger partial charge in [-0.05, 0) is 41.2 Å². The van der Waals surface area contributed by atoms with Crippen LogP contribution in [-0.4, -0.2) is 35.7 Å². The number of fused-ring (bicyclic) bond motifs is 3. The number of carbonyl (C=O) groups is 3. The molecule has 1 aliphatic carbocycles. The molecule has 0 bridgehead atoms. The minimum absolute atomic E-state index is 0.0425. The minimum Gasteiger partial charge on any atom is -0.481 e. The molecule has 0 heterocycles. The number of carboxylic acid groups (broad SMARTS) is 1. The molecule has 7 nitrogen and oxygen atoms in total. The van der Waals surface area contributed by atoms with Gasteiger partial charge >= 0.3 is 12.1 Å². The van der Waals surface area contributed by atoms with Crippen molar-refractivity contribution in [3.05, 3.63) is 95.1 Å². The SMILES string of the molecule is Cc1cccc(CNC(=O)[C@H](CCC(=O)O)NC(=O)OCC2c3ccccc3-c3ccccc32)c1. The summed E-state index contributed by atoms with van der Waals surface area (Å²) < 4.78 is 5.53. The number of hydrogen-bond acceptors (Lipinski definition) is 4. The molecule has 2 amide bonds. The fourth-order valence-electron chi connectivity index (χ4n) is 4.45. The second-order valence-electron chi connectivity index (χ2n) is 8.66. The van der Waals surface area contributed by atoms with Gasteiger partial charge in [0.1, 0.15) is 12.6 Å². The van der Waals surface area contributed by atoms with Crippen LogP contribution in [0.1, 0.15) is 41.0 Å². The van der Waals surface area contributed by atoms with Gasteiger partial charge in [-0.1, -0.05) is 78.4 Å². The van der Waals surface area contributed by atoms with Crippen molar-refractivity contribution in [2.45, 2.75) is 38.3 Å².